The number of piperazine rings is 1. The monoisotopic (exact) mass is 568 g/mol. The van der Waals surface area contributed by atoms with Crippen molar-refractivity contribution in [3.63, 3.8) is 0 Å². The van der Waals surface area contributed by atoms with Gasteiger partial charge in [-0.1, -0.05) is 6.42 Å². The van der Waals surface area contributed by atoms with Crippen molar-refractivity contribution in [3.8, 4) is 0 Å². The molecular formula is C29H47F3N6O2. The van der Waals surface area contributed by atoms with Crippen LogP contribution in [0.5, 0.6) is 0 Å². The first-order chi connectivity index (χ1) is 19.1. The number of nitrogens with one attached hydrogen (secondary N) is 2. The van der Waals surface area contributed by atoms with E-state index in [0.29, 0.717) is 24.4 Å². The molecule has 2 bridgehead atoms. The van der Waals surface area contributed by atoms with Gasteiger partial charge in [-0.3, -0.25) is 14.6 Å². The topological polar surface area (TPSA) is 63.3 Å². The van der Waals surface area contributed by atoms with Crippen LogP contribution in [0.3, 0.4) is 0 Å². The number of rotatable bonds is 5. The molecule has 2 aliphatic carbocycles. The Kier molecular flexibility index (Phi) is 7.19. The number of carbonyl (C=O) groups is 1. The van der Waals surface area contributed by atoms with Crippen molar-refractivity contribution < 1.29 is 22.7 Å². The Labute approximate surface area is 236 Å². The molecule has 1 amide bonds. The standard InChI is InChI=1S/C29H47F3N6O2/c1-35-12-20-6-7-21(13-35)38(20)22-9-23-24(25(10-22)29(30,31)32)14-37(27(23)39)19-5-3-4-18(8-19)28(15-40-16-28)11-26-34-33-17-36(26)2/h18-26,33-34H,3-17H2,1-2H3. The molecule has 5 heterocycles. The summed E-state index contributed by atoms with van der Waals surface area (Å²) in [5.41, 5.74) is 6.68. The summed E-state index contributed by atoms with van der Waals surface area (Å²) in [5, 5.41) is 0. The van der Waals surface area contributed by atoms with Crippen LogP contribution >= 0.6 is 0 Å². The van der Waals surface area contributed by atoms with Gasteiger partial charge in [-0.25, -0.2) is 10.9 Å². The second kappa shape index (κ2) is 10.3. The molecule has 8 nitrogen and oxygen atoms in total. The summed E-state index contributed by atoms with van der Waals surface area (Å²) < 4.78 is 49.6. The van der Waals surface area contributed by atoms with Crippen molar-refractivity contribution >= 4 is 5.91 Å². The normalized spacial score (nSPS) is 44.7. The summed E-state index contributed by atoms with van der Waals surface area (Å²) in [5.74, 6) is -2.04. The zero-order chi connectivity index (χ0) is 27.8. The van der Waals surface area contributed by atoms with E-state index in [1.165, 1.54) is 0 Å². The van der Waals surface area contributed by atoms with Gasteiger partial charge in [0.1, 0.15) is 0 Å². The zero-order valence-corrected chi connectivity index (χ0v) is 24.0. The SMILES string of the molecule is CN1CC2CCC(C1)N2C1CC2C(=O)N(C3CCCC(C4(CC5NNCN5C)COC4)C3)CC2C(C(F)(F)F)C1. The average molecular weight is 569 g/mol. The number of alkyl halides is 3. The molecule has 226 valence electrons. The van der Waals surface area contributed by atoms with Gasteiger partial charge < -0.3 is 14.5 Å². The molecule has 7 rings (SSSR count). The van der Waals surface area contributed by atoms with E-state index in [1.54, 1.807) is 0 Å². The van der Waals surface area contributed by atoms with E-state index in [9.17, 15) is 18.0 Å². The summed E-state index contributed by atoms with van der Waals surface area (Å²) in [6.45, 7) is 4.41. The van der Waals surface area contributed by atoms with Gasteiger partial charge in [-0.05, 0) is 77.3 Å². The van der Waals surface area contributed by atoms with Crippen LogP contribution in [0.25, 0.3) is 0 Å². The van der Waals surface area contributed by atoms with Crippen molar-refractivity contribution in [2.75, 3.05) is 53.6 Å². The maximum absolute atomic E-state index is 14.6. The highest BCUT2D eigenvalue weighted by Crippen LogP contribution is 2.53. The van der Waals surface area contributed by atoms with E-state index >= 15 is 0 Å². The summed E-state index contributed by atoms with van der Waals surface area (Å²) in [7, 11) is 4.23. The number of hydrogen-bond donors (Lipinski definition) is 2. The number of amides is 1. The molecule has 5 saturated heterocycles. The lowest BCUT2D eigenvalue weighted by molar-refractivity contribution is -0.206. The number of hydrogen-bond acceptors (Lipinski definition) is 7. The molecule has 0 aromatic heterocycles. The largest absolute Gasteiger partial charge is 0.392 e. The Hall–Kier alpha value is -0.980. The highest BCUT2D eigenvalue weighted by Gasteiger charge is 2.60. The third-order valence-electron chi connectivity index (χ3n) is 12.1. The number of ether oxygens (including phenoxy) is 1. The van der Waals surface area contributed by atoms with Crippen molar-refractivity contribution in [1.29, 1.82) is 0 Å². The van der Waals surface area contributed by atoms with Gasteiger partial charge in [0.15, 0.2) is 0 Å². The van der Waals surface area contributed by atoms with Gasteiger partial charge in [0.25, 0.3) is 0 Å². The molecule has 11 heteroatoms. The van der Waals surface area contributed by atoms with Crippen LogP contribution < -0.4 is 10.9 Å². The van der Waals surface area contributed by atoms with Crippen molar-refractivity contribution in [3.05, 3.63) is 0 Å². The molecule has 7 fully saturated rings. The maximum atomic E-state index is 14.6. The summed E-state index contributed by atoms with van der Waals surface area (Å²) in [6, 6.07) is 0.571. The maximum Gasteiger partial charge on any atom is 0.392 e. The summed E-state index contributed by atoms with van der Waals surface area (Å²) in [4.78, 5) is 23.0. The summed E-state index contributed by atoms with van der Waals surface area (Å²) >= 11 is 0. The number of fused-ring (bicyclic) bond motifs is 3. The van der Waals surface area contributed by atoms with Gasteiger partial charge in [-0.2, -0.15) is 13.2 Å². The molecular weight excluding hydrogens is 521 g/mol. The molecule has 0 radical (unpaired) electrons. The number of hydrazine groups is 1. The first kappa shape index (κ1) is 27.8. The Bertz CT molecular complexity index is 951. The predicted molar refractivity (Wildman–Crippen MR) is 144 cm³/mol. The molecule has 0 aromatic rings. The molecule has 40 heavy (non-hydrogen) atoms. The first-order valence-corrected chi connectivity index (χ1v) is 15.7. The number of likely N-dealkylation sites (N-methyl/N-ethyl adjacent to an activating group) is 1. The summed E-state index contributed by atoms with van der Waals surface area (Å²) in [6.07, 6.45) is 3.78. The minimum Gasteiger partial charge on any atom is -0.380 e. The van der Waals surface area contributed by atoms with E-state index < -0.39 is 23.9 Å². The fourth-order valence-electron chi connectivity index (χ4n) is 10.1. The molecule has 0 spiro atoms. The molecule has 2 saturated carbocycles. The highest BCUT2D eigenvalue weighted by atomic mass is 19.4. The average Bonchev–Trinajstić information content (AvgIpc) is 3.53. The fourth-order valence-corrected chi connectivity index (χ4v) is 10.1. The Balaban J connectivity index is 1.08. The number of halogens is 3. The number of likely N-dealkylation sites (tertiary alicyclic amines) is 2. The molecule has 9 atom stereocenters. The van der Waals surface area contributed by atoms with Crippen LogP contribution in [0.4, 0.5) is 13.2 Å². The molecule has 5 aliphatic heterocycles. The van der Waals surface area contributed by atoms with E-state index in [4.69, 9.17) is 4.74 Å². The Morgan fingerprint density at radius 2 is 1.70 bits per heavy atom. The van der Waals surface area contributed by atoms with Gasteiger partial charge in [-0.15, -0.1) is 0 Å². The van der Waals surface area contributed by atoms with E-state index in [1.807, 2.05) is 4.90 Å². The minimum atomic E-state index is -4.26. The quantitative estimate of drug-likeness (QED) is 0.529. The lowest BCUT2D eigenvalue weighted by Crippen LogP contribution is -2.59. The van der Waals surface area contributed by atoms with E-state index in [2.05, 4.69) is 39.6 Å². The molecule has 0 aromatic carbocycles. The third-order valence-corrected chi connectivity index (χ3v) is 12.1. The predicted octanol–water partition coefficient (Wildman–Crippen LogP) is 2.47. The lowest BCUT2D eigenvalue weighted by atomic mass is 9.64. The van der Waals surface area contributed by atoms with Crippen molar-refractivity contribution in [2.24, 2.45) is 29.1 Å². The van der Waals surface area contributed by atoms with Gasteiger partial charge in [0.05, 0.1) is 32.0 Å². The van der Waals surface area contributed by atoms with Crippen molar-refractivity contribution in [1.82, 2.24) is 30.5 Å². The van der Waals surface area contributed by atoms with Crippen LogP contribution in [-0.4, -0.2) is 116 Å². The Morgan fingerprint density at radius 1 is 0.950 bits per heavy atom. The van der Waals surface area contributed by atoms with Gasteiger partial charge in [0.2, 0.25) is 5.91 Å². The van der Waals surface area contributed by atoms with Crippen LogP contribution in [0.15, 0.2) is 0 Å². The van der Waals surface area contributed by atoms with Crippen LogP contribution in [0.2, 0.25) is 0 Å². The molecule has 9 unspecified atom stereocenters. The van der Waals surface area contributed by atoms with Crippen LogP contribution in [0.1, 0.15) is 57.8 Å². The fraction of sp³-hybridized carbons (Fsp3) is 0.966. The zero-order valence-electron chi connectivity index (χ0n) is 24.0. The Morgan fingerprint density at radius 3 is 2.33 bits per heavy atom. The first-order valence-electron chi connectivity index (χ1n) is 15.7. The minimum absolute atomic E-state index is 0.0105. The second-order valence-corrected chi connectivity index (χ2v) is 14.4. The van der Waals surface area contributed by atoms with E-state index in [-0.39, 0.29) is 42.5 Å². The third kappa shape index (κ3) is 4.71. The van der Waals surface area contributed by atoms with Crippen molar-refractivity contribution in [2.45, 2.75) is 94.3 Å². The highest BCUT2D eigenvalue weighted by molar-refractivity contribution is 5.82. The molecule has 7 aliphatic rings. The lowest BCUT2D eigenvalue weighted by Gasteiger charge is -2.52. The smallest absolute Gasteiger partial charge is 0.380 e. The molecule has 2 N–H and O–H groups in total. The van der Waals surface area contributed by atoms with E-state index in [0.717, 1.165) is 77.9 Å². The van der Waals surface area contributed by atoms with Gasteiger partial charge >= 0.3 is 6.18 Å². The number of carbonyl (C=O) groups excluding carboxylic acids is 1. The van der Waals surface area contributed by atoms with Crippen LogP contribution in [-0.2, 0) is 9.53 Å². The second-order valence-electron chi connectivity index (χ2n) is 14.4. The number of nitrogens with zero attached hydrogens (tertiary/aromatic N) is 4. The van der Waals surface area contributed by atoms with Crippen LogP contribution in [0, 0.1) is 29.1 Å². The van der Waals surface area contributed by atoms with Gasteiger partial charge in [0, 0.05) is 55.1 Å².